The average Bonchev–Trinajstić information content (AvgIpc) is 3.08. The number of aliphatic carboxylic acids is 1. The van der Waals surface area contributed by atoms with Crippen LogP contribution in [0.2, 0.25) is 5.02 Å². The number of halogens is 1. The van der Waals surface area contributed by atoms with Crippen LogP contribution >= 0.6 is 11.6 Å². The third-order valence-electron chi connectivity index (χ3n) is 6.94. The molecule has 35 heavy (non-hydrogen) atoms. The van der Waals surface area contributed by atoms with Crippen molar-refractivity contribution in [2.45, 2.75) is 58.7 Å². The smallest absolute Gasteiger partial charge is 0.306 e. The van der Waals surface area contributed by atoms with Gasteiger partial charge in [-0.1, -0.05) is 35.9 Å². The van der Waals surface area contributed by atoms with Gasteiger partial charge in [0.25, 0.3) is 0 Å². The predicted octanol–water partition coefficient (Wildman–Crippen LogP) is 4.35. The molecule has 0 radical (unpaired) electrons. The number of benzene rings is 2. The zero-order chi connectivity index (χ0) is 25.1. The molecule has 1 aliphatic heterocycles. The van der Waals surface area contributed by atoms with Crippen molar-refractivity contribution in [3.05, 3.63) is 63.7 Å². The van der Waals surface area contributed by atoms with E-state index in [2.05, 4.69) is 17.0 Å². The number of likely N-dealkylation sites (tertiary alicyclic amines) is 1. The molecule has 1 saturated heterocycles. The largest absolute Gasteiger partial charge is 0.491 e. The van der Waals surface area contributed by atoms with Crippen LogP contribution in [0.5, 0.6) is 5.75 Å². The highest BCUT2D eigenvalue weighted by Crippen LogP contribution is 2.34. The molecule has 2 aromatic carbocycles. The van der Waals surface area contributed by atoms with Crippen molar-refractivity contribution in [1.82, 2.24) is 9.80 Å². The minimum atomic E-state index is -0.724. The number of imide groups is 1. The lowest BCUT2D eigenvalue weighted by atomic mass is 9.79. The molecule has 1 heterocycles. The molecule has 0 spiro atoms. The molecule has 186 valence electrons. The van der Waals surface area contributed by atoms with E-state index in [-0.39, 0.29) is 49.8 Å². The summed E-state index contributed by atoms with van der Waals surface area (Å²) in [6, 6.07) is 12.2. The summed E-state index contributed by atoms with van der Waals surface area (Å²) in [6.45, 7) is 5.89. The molecule has 0 unspecified atom stereocenters. The lowest BCUT2D eigenvalue weighted by molar-refractivity contribution is -0.147. The summed E-state index contributed by atoms with van der Waals surface area (Å²) < 4.78 is 5.86. The van der Waals surface area contributed by atoms with E-state index >= 15 is 0 Å². The van der Waals surface area contributed by atoms with Crippen LogP contribution in [0.25, 0.3) is 0 Å². The molecule has 1 saturated carbocycles. The van der Waals surface area contributed by atoms with Crippen molar-refractivity contribution < 1.29 is 24.2 Å². The maximum atomic E-state index is 11.8. The highest BCUT2D eigenvalue weighted by atomic mass is 35.5. The highest BCUT2D eigenvalue weighted by molar-refractivity contribution is 6.31. The predicted molar refractivity (Wildman–Crippen MR) is 132 cm³/mol. The molecule has 1 N–H and O–H groups in total. The zero-order valence-corrected chi connectivity index (χ0v) is 20.9. The fourth-order valence-corrected chi connectivity index (χ4v) is 4.88. The average molecular weight is 499 g/mol. The lowest BCUT2D eigenvalue weighted by Gasteiger charge is -2.41. The van der Waals surface area contributed by atoms with Gasteiger partial charge in [0.05, 0.1) is 12.5 Å². The number of rotatable bonds is 10. The van der Waals surface area contributed by atoms with Crippen LogP contribution in [0, 0.1) is 19.8 Å². The number of amides is 2. The second kappa shape index (κ2) is 10.8. The van der Waals surface area contributed by atoms with Crippen molar-refractivity contribution in [2.75, 3.05) is 13.2 Å². The van der Waals surface area contributed by atoms with Crippen LogP contribution < -0.4 is 4.74 Å². The molecule has 2 fully saturated rings. The van der Waals surface area contributed by atoms with Gasteiger partial charge in [-0.25, -0.2) is 0 Å². The number of carbonyl (C=O) groups excluding carboxylic acids is 2. The van der Waals surface area contributed by atoms with Crippen molar-refractivity contribution in [3.63, 3.8) is 0 Å². The van der Waals surface area contributed by atoms with E-state index in [4.69, 9.17) is 16.3 Å². The molecule has 0 atom stereocenters. The first-order valence-electron chi connectivity index (χ1n) is 12.0. The van der Waals surface area contributed by atoms with Gasteiger partial charge in [-0.3, -0.25) is 24.2 Å². The molecule has 1 aliphatic carbocycles. The number of hydrogen-bond donors (Lipinski definition) is 1. The second-order valence-corrected chi connectivity index (χ2v) is 9.94. The fraction of sp³-hybridized carbons (Fsp3) is 0.444. The minimum absolute atomic E-state index is 0.136. The van der Waals surface area contributed by atoms with Gasteiger partial charge in [0.1, 0.15) is 12.4 Å². The van der Waals surface area contributed by atoms with Gasteiger partial charge in [0.2, 0.25) is 11.8 Å². The van der Waals surface area contributed by atoms with Crippen LogP contribution in [0.4, 0.5) is 0 Å². The highest BCUT2D eigenvalue weighted by Gasteiger charge is 2.38. The summed E-state index contributed by atoms with van der Waals surface area (Å²) in [5.74, 6) is -0.549. The molecule has 2 aliphatic rings. The lowest BCUT2D eigenvalue weighted by Crippen LogP contribution is -2.46. The number of hydrogen-bond acceptors (Lipinski definition) is 5. The molecular formula is C27H31ClN2O5. The van der Waals surface area contributed by atoms with Crippen molar-refractivity contribution in [3.8, 4) is 5.75 Å². The molecule has 2 aromatic rings. The Hall–Kier alpha value is -2.90. The van der Waals surface area contributed by atoms with E-state index in [1.807, 2.05) is 38.1 Å². The monoisotopic (exact) mass is 498 g/mol. The number of carbonyl (C=O) groups is 3. The van der Waals surface area contributed by atoms with E-state index in [1.165, 1.54) is 4.90 Å². The Morgan fingerprint density at radius 2 is 1.63 bits per heavy atom. The SMILES string of the molecule is Cc1cc(CN(Cc2ccc(OCCN3C(=O)CCC3=O)c(C)c2)[C@H]2C[C@@H](C(=O)O)C2)ccc1Cl. The summed E-state index contributed by atoms with van der Waals surface area (Å²) in [7, 11) is 0. The number of aryl methyl sites for hydroxylation is 2. The zero-order valence-electron chi connectivity index (χ0n) is 20.1. The minimum Gasteiger partial charge on any atom is -0.491 e. The molecule has 2 amide bonds. The third kappa shape index (κ3) is 6.03. The van der Waals surface area contributed by atoms with Gasteiger partial charge >= 0.3 is 5.97 Å². The molecule has 8 heteroatoms. The summed E-state index contributed by atoms with van der Waals surface area (Å²) in [4.78, 5) is 38.5. The van der Waals surface area contributed by atoms with E-state index in [9.17, 15) is 19.5 Å². The Morgan fingerprint density at radius 3 is 2.20 bits per heavy atom. The van der Waals surface area contributed by atoms with E-state index in [1.54, 1.807) is 0 Å². The summed E-state index contributed by atoms with van der Waals surface area (Å²) in [6.07, 6.45) is 1.87. The third-order valence-corrected chi connectivity index (χ3v) is 7.36. The molecule has 7 nitrogen and oxygen atoms in total. The van der Waals surface area contributed by atoms with Gasteiger partial charge in [0.15, 0.2) is 0 Å². The first-order chi connectivity index (χ1) is 16.7. The summed E-state index contributed by atoms with van der Waals surface area (Å²) in [5, 5.41) is 10.1. The van der Waals surface area contributed by atoms with Gasteiger partial charge in [-0.05, 0) is 61.1 Å². The number of ether oxygens (including phenoxy) is 1. The van der Waals surface area contributed by atoms with Crippen LogP contribution in [0.15, 0.2) is 36.4 Å². The quantitative estimate of drug-likeness (QED) is 0.490. The number of nitrogens with zero attached hydrogens (tertiary/aromatic N) is 2. The first kappa shape index (κ1) is 25.2. The van der Waals surface area contributed by atoms with Crippen LogP contribution in [0.3, 0.4) is 0 Å². The van der Waals surface area contributed by atoms with E-state index in [0.717, 1.165) is 33.0 Å². The van der Waals surface area contributed by atoms with Crippen LogP contribution in [-0.4, -0.2) is 51.9 Å². The number of carboxylic acids is 1. The molecule has 4 rings (SSSR count). The van der Waals surface area contributed by atoms with Crippen molar-refractivity contribution in [1.29, 1.82) is 0 Å². The fourth-order valence-electron chi connectivity index (χ4n) is 4.77. The number of carboxylic acid groups (broad SMARTS) is 1. The first-order valence-corrected chi connectivity index (χ1v) is 12.4. The topological polar surface area (TPSA) is 87.2 Å². The van der Waals surface area contributed by atoms with Gasteiger partial charge < -0.3 is 9.84 Å². The normalized spacial score (nSPS) is 19.8. The Morgan fingerprint density at radius 1 is 1.03 bits per heavy atom. The maximum Gasteiger partial charge on any atom is 0.306 e. The summed E-state index contributed by atoms with van der Waals surface area (Å²) in [5.41, 5.74) is 4.26. The van der Waals surface area contributed by atoms with Gasteiger partial charge in [0, 0.05) is 37.0 Å². The molecular weight excluding hydrogens is 468 g/mol. The second-order valence-electron chi connectivity index (χ2n) is 9.54. The van der Waals surface area contributed by atoms with Gasteiger partial charge in [-0.15, -0.1) is 0 Å². The summed E-state index contributed by atoms with van der Waals surface area (Å²) >= 11 is 6.19. The van der Waals surface area contributed by atoms with E-state index in [0.29, 0.717) is 25.9 Å². The Labute approximate surface area is 210 Å². The van der Waals surface area contributed by atoms with E-state index < -0.39 is 5.97 Å². The van der Waals surface area contributed by atoms with Gasteiger partial charge in [-0.2, -0.15) is 0 Å². The van der Waals surface area contributed by atoms with Crippen LogP contribution in [-0.2, 0) is 27.5 Å². The molecule has 0 aromatic heterocycles. The van der Waals surface area contributed by atoms with Crippen molar-refractivity contribution >= 4 is 29.4 Å². The molecule has 0 bridgehead atoms. The Balaban J connectivity index is 1.40. The standard InChI is InChI=1S/C27H31ClN2O5/c1-17-11-19(3-5-23(17)28)15-29(22-13-21(14-22)27(33)34)16-20-4-6-24(18(2)12-20)35-10-9-30-25(31)7-8-26(30)32/h3-6,11-12,21-22H,7-10,13-16H2,1-2H3,(H,33,34)/t21-,22+. The maximum absolute atomic E-state index is 11.8. The van der Waals surface area contributed by atoms with Crippen LogP contribution in [0.1, 0.15) is 47.9 Å². The Kier molecular flexibility index (Phi) is 7.77. The Bertz CT molecular complexity index is 1110. The van der Waals surface area contributed by atoms with Crippen molar-refractivity contribution in [2.24, 2.45) is 5.92 Å².